The van der Waals surface area contributed by atoms with Crippen LogP contribution in [0.5, 0.6) is 0 Å². The minimum atomic E-state index is -7.72. The molecule has 39 heavy (non-hydrogen) atoms. The van der Waals surface area contributed by atoms with Gasteiger partial charge >= 0.3 is 82.8 Å². The smallest absolute Gasteiger partial charge is 0.544 e. The van der Waals surface area contributed by atoms with Crippen LogP contribution < -0.4 is 10.2 Å². The van der Waals surface area contributed by atoms with Crippen molar-refractivity contribution in [2.75, 3.05) is 0 Å². The zero-order valence-corrected chi connectivity index (χ0v) is 18.1. The fraction of sp³-hybridized carbons (Fsp3) is 0.833. The molecular formula is C12F22MgO4. The molecular weight excluding hydrogens is 650 g/mol. The van der Waals surface area contributed by atoms with Gasteiger partial charge in [0.1, 0.15) is 11.9 Å². The van der Waals surface area contributed by atoms with Gasteiger partial charge in [0.15, 0.2) is 0 Å². The van der Waals surface area contributed by atoms with E-state index in [1.165, 1.54) is 0 Å². The van der Waals surface area contributed by atoms with Gasteiger partial charge in [0.05, 0.1) is 0 Å². The second-order valence-corrected chi connectivity index (χ2v) is 6.17. The maximum atomic E-state index is 12.4. The quantitative estimate of drug-likeness (QED) is 0.299. The van der Waals surface area contributed by atoms with Crippen LogP contribution in [0.1, 0.15) is 0 Å². The fourth-order valence-electron chi connectivity index (χ4n) is 1.40. The molecule has 228 valence electrons. The molecule has 0 heterocycles. The van der Waals surface area contributed by atoms with Crippen molar-refractivity contribution in [3.63, 3.8) is 0 Å². The molecule has 0 aromatic rings. The van der Waals surface area contributed by atoms with Crippen molar-refractivity contribution in [3.05, 3.63) is 0 Å². The minimum Gasteiger partial charge on any atom is -0.544 e. The molecule has 0 aromatic heterocycles. The Morgan fingerprint density at radius 3 is 0.590 bits per heavy atom. The normalized spacial score (nSPS) is 15.1. The van der Waals surface area contributed by atoms with Crippen LogP contribution in [0.25, 0.3) is 0 Å². The van der Waals surface area contributed by atoms with E-state index in [1.54, 1.807) is 0 Å². The third-order valence-electron chi connectivity index (χ3n) is 3.59. The van der Waals surface area contributed by atoms with E-state index in [0.29, 0.717) is 0 Å². The summed E-state index contributed by atoms with van der Waals surface area (Å²) in [6.07, 6.45) is -14.6. The molecule has 0 N–H and O–H groups in total. The standard InChI is InChI=1S/2C6HF11O2.Mg/c2*7-2(8,1(18)19)3(9,10)4(11,12)5(13,14)6(15,16)17;/h2*(H,18,19);/q;;+2/p-2. The van der Waals surface area contributed by atoms with E-state index >= 15 is 0 Å². The first-order valence-corrected chi connectivity index (χ1v) is 7.47. The number of hydrogen-bond acceptors (Lipinski definition) is 4. The summed E-state index contributed by atoms with van der Waals surface area (Å²) in [5.41, 5.74) is 0. The predicted octanol–water partition coefficient (Wildman–Crippen LogP) is 3.30. The van der Waals surface area contributed by atoms with E-state index in [2.05, 4.69) is 0 Å². The summed E-state index contributed by atoms with van der Waals surface area (Å²) in [6.45, 7) is 0. The first-order chi connectivity index (χ1) is 15.9. The van der Waals surface area contributed by atoms with Crippen molar-refractivity contribution in [1.82, 2.24) is 0 Å². The van der Waals surface area contributed by atoms with Gasteiger partial charge in [-0.2, -0.15) is 96.6 Å². The maximum absolute atomic E-state index is 12.4. The molecule has 0 aliphatic carbocycles. The van der Waals surface area contributed by atoms with Crippen molar-refractivity contribution in [3.8, 4) is 0 Å². The number of carbonyl (C=O) groups is 2. The molecule has 0 saturated heterocycles. The van der Waals surface area contributed by atoms with E-state index < -0.39 is 71.7 Å². The first-order valence-electron chi connectivity index (χ1n) is 7.47. The van der Waals surface area contributed by atoms with Gasteiger partial charge < -0.3 is 19.8 Å². The van der Waals surface area contributed by atoms with Crippen molar-refractivity contribution in [2.45, 2.75) is 59.7 Å². The average molecular weight is 650 g/mol. The van der Waals surface area contributed by atoms with E-state index in [4.69, 9.17) is 0 Å². The van der Waals surface area contributed by atoms with Crippen LogP contribution >= 0.6 is 0 Å². The monoisotopic (exact) mass is 650 g/mol. The Kier molecular flexibility index (Phi) is 11.6. The molecule has 0 aliphatic heterocycles. The van der Waals surface area contributed by atoms with Crippen LogP contribution in [-0.2, 0) is 9.59 Å². The number of rotatable bonds is 8. The summed E-state index contributed by atoms with van der Waals surface area (Å²) in [6, 6.07) is 0. The summed E-state index contributed by atoms with van der Waals surface area (Å²) < 4.78 is 265. The number of halogens is 22. The topological polar surface area (TPSA) is 80.3 Å². The number of alkyl halides is 22. The van der Waals surface area contributed by atoms with Crippen molar-refractivity contribution in [1.29, 1.82) is 0 Å². The SMILES string of the molecule is O=C([O-])C(F)(F)C(F)(F)C(F)(F)C(F)(F)C(F)(F)F.O=C([O-])C(F)(F)C(F)(F)C(F)(F)C(F)(F)C(F)(F)F.[Mg+2]. The average Bonchev–Trinajstić information content (AvgIpc) is 2.65. The zero-order valence-electron chi connectivity index (χ0n) is 16.7. The number of carboxylic acids is 2. The van der Waals surface area contributed by atoms with Crippen LogP contribution in [0.15, 0.2) is 0 Å². The molecule has 0 fully saturated rings. The van der Waals surface area contributed by atoms with Crippen LogP contribution in [0, 0.1) is 0 Å². The number of hydrogen-bond donors (Lipinski definition) is 0. The Bertz CT molecular complexity index is 814. The van der Waals surface area contributed by atoms with Gasteiger partial charge in [0.2, 0.25) is 0 Å². The Balaban J connectivity index is -0.000000648. The number of aliphatic carboxylic acids is 2. The Morgan fingerprint density at radius 1 is 0.333 bits per heavy atom. The van der Waals surface area contributed by atoms with Gasteiger partial charge in [0, 0.05) is 0 Å². The first kappa shape index (κ1) is 41.6. The predicted molar refractivity (Wildman–Crippen MR) is 67.5 cm³/mol. The van der Waals surface area contributed by atoms with Gasteiger partial charge in [-0.05, 0) is 0 Å². The molecule has 0 spiro atoms. The summed E-state index contributed by atoms with van der Waals surface area (Å²) >= 11 is 0. The Labute approximate surface area is 212 Å². The Morgan fingerprint density at radius 2 is 0.487 bits per heavy atom. The molecule has 0 amide bonds. The summed E-state index contributed by atoms with van der Waals surface area (Å²) in [5.74, 6) is -68.1. The summed E-state index contributed by atoms with van der Waals surface area (Å²) in [7, 11) is 0. The van der Waals surface area contributed by atoms with Gasteiger partial charge in [-0.3, -0.25) is 0 Å². The third kappa shape index (κ3) is 6.25. The molecule has 0 unspecified atom stereocenters. The summed E-state index contributed by atoms with van der Waals surface area (Å²) in [4.78, 5) is 19.0. The van der Waals surface area contributed by atoms with Gasteiger partial charge in [-0.1, -0.05) is 0 Å². The molecule has 0 aliphatic rings. The molecule has 0 saturated carbocycles. The van der Waals surface area contributed by atoms with E-state index in [-0.39, 0.29) is 23.1 Å². The number of carbonyl (C=O) groups excluding carboxylic acids is 2. The fourth-order valence-corrected chi connectivity index (χ4v) is 1.40. The van der Waals surface area contributed by atoms with Crippen LogP contribution in [0.2, 0.25) is 0 Å². The molecule has 0 atom stereocenters. The van der Waals surface area contributed by atoms with Crippen LogP contribution in [0.4, 0.5) is 96.6 Å². The van der Waals surface area contributed by atoms with E-state index in [1.807, 2.05) is 0 Å². The maximum Gasteiger partial charge on any atom is 2.00 e. The molecule has 0 rings (SSSR count). The van der Waals surface area contributed by atoms with Gasteiger partial charge in [0.25, 0.3) is 0 Å². The van der Waals surface area contributed by atoms with Gasteiger partial charge in [-0.15, -0.1) is 0 Å². The van der Waals surface area contributed by atoms with E-state index in [9.17, 15) is 116 Å². The number of carboxylic acid groups (broad SMARTS) is 2. The van der Waals surface area contributed by atoms with Gasteiger partial charge in [-0.25, -0.2) is 0 Å². The van der Waals surface area contributed by atoms with Crippen LogP contribution in [-0.4, -0.2) is 94.7 Å². The van der Waals surface area contributed by atoms with Crippen molar-refractivity contribution >= 4 is 35.0 Å². The summed E-state index contributed by atoms with van der Waals surface area (Å²) in [5, 5.41) is 19.0. The van der Waals surface area contributed by atoms with Crippen molar-refractivity contribution in [2.24, 2.45) is 0 Å². The largest absolute Gasteiger partial charge is 2.00 e. The Hall–Kier alpha value is -1.83. The minimum absolute atomic E-state index is 0. The molecule has 4 nitrogen and oxygen atoms in total. The second kappa shape index (κ2) is 10.9. The third-order valence-corrected chi connectivity index (χ3v) is 3.59. The van der Waals surface area contributed by atoms with Crippen molar-refractivity contribution < 1.29 is 116 Å². The van der Waals surface area contributed by atoms with E-state index in [0.717, 1.165) is 0 Å². The zero-order chi connectivity index (χ0) is 32.2. The second-order valence-electron chi connectivity index (χ2n) is 6.17. The molecule has 0 radical (unpaired) electrons. The molecule has 27 heteroatoms. The molecule has 0 bridgehead atoms. The van der Waals surface area contributed by atoms with Crippen LogP contribution in [0.3, 0.4) is 0 Å². The molecule has 0 aromatic carbocycles.